The minimum absolute atomic E-state index is 0.180. The molecule has 0 radical (unpaired) electrons. The summed E-state index contributed by atoms with van der Waals surface area (Å²) >= 11 is 1.43. The van der Waals surface area contributed by atoms with Crippen molar-refractivity contribution in [1.82, 2.24) is 5.32 Å². The number of aryl methyl sites for hydroxylation is 3. The molecule has 0 aliphatic heterocycles. The first-order chi connectivity index (χ1) is 13.9. The zero-order chi connectivity index (χ0) is 21.0. The summed E-state index contributed by atoms with van der Waals surface area (Å²) in [6.45, 7) is 5.86. The molecular weight excluding hydrogens is 388 g/mol. The molecule has 0 unspecified atom stereocenters. The Bertz CT molecular complexity index is 949. The molecule has 154 valence electrons. The number of carbonyl (C=O) groups excluding carboxylic acids is 3. The molecule has 2 aromatic rings. The molecule has 0 atom stereocenters. The van der Waals surface area contributed by atoms with Crippen LogP contribution in [0.2, 0.25) is 0 Å². The molecular formula is C22H26N2O4S. The highest BCUT2D eigenvalue weighted by molar-refractivity contribution is 7.17. The fraction of sp³-hybridized carbons (Fsp3) is 0.409. The summed E-state index contributed by atoms with van der Waals surface area (Å²) < 4.78 is 4.82. The minimum Gasteiger partial charge on any atom is -0.450 e. The number of anilines is 1. The molecule has 2 N–H and O–H groups in total. The lowest BCUT2D eigenvalue weighted by Gasteiger charge is -2.13. The van der Waals surface area contributed by atoms with Gasteiger partial charge in [-0.1, -0.05) is 23.8 Å². The predicted octanol–water partition coefficient (Wildman–Crippen LogP) is 4.31. The third kappa shape index (κ3) is 5.03. The Balaban J connectivity index is 1.82. The van der Waals surface area contributed by atoms with Crippen molar-refractivity contribution in [2.24, 2.45) is 0 Å². The van der Waals surface area contributed by atoms with E-state index in [9.17, 15) is 14.4 Å². The van der Waals surface area contributed by atoms with Crippen LogP contribution in [0.3, 0.4) is 0 Å². The Labute approximate surface area is 174 Å². The molecule has 0 saturated heterocycles. The number of nitrogens with one attached hydrogen (secondary N) is 2. The average Bonchev–Trinajstić information content (AvgIpc) is 3.02. The number of benzene rings is 1. The molecule has 3 rings (SSSR count). The maximum absolute atomic E-state index is 12.8. The van der Waals surface area contributed by atoms with E-state index in [0.29, 0.717) is 10.6 Å². The Morgan fingerprint density at radius 1 is 1.14 bits per heavy atom. The van der Waals surface area contributed by atoms with Crippen LogP contribution in [0.1, 0.15) is 57.3 Å². The largest absolute Gasteiger partial charge is 0.450 e. The second kappa shape index (κ2) is 9.22. The minimum atomic E-state index is -0.777. The molecule has 0 saturated carbocycles. The van der Waals surface area contributed by atoms with Gasteiger partial charge in [-0.25, -0.2) is 4.79 Å². The van der Waals surface area contributed by atoms with Gasteiger partial charge >= 0.3 is 6.09 Å². The number of ether oxygens (including phenoxy) is 1. The second-order valence-electron chi connectivity index (χ2n) is 7.24. The number of hydrogen-bond donors (Lipinski definition) is 2. The number of hydrogen-bond acceptors (Lipinski definition) is 5. The average molecular weight is 415 g/mol. The third-order valence-corrected chi connectivity index (χ3v) is 6.20. The van der Waals surface area contributed by atoms with Gasteiger partial charge in [0.15, 0.2) is 0 Å². The lowest BCUT2D eigenvalue weighted by atomic mass is 9.95. The summed E-state index contributed by atoms with van der Waals surface area (Å²) in [5.74, 6) is -0.703. The van der Waals surface area contributed by atoms with Crippen LogP contribution in [0, 0.1) is 13.8 Å². The van der Waals surface area contributed by atoms with Gasteiger partial charge in [0.1, 0.15) is 5.00 Å². The van der Waals surface area contributed by atoms with Crippen LogP contribution >= 0.6 is 11.3 Å². The van der Waals surface area contributed by atoms with Gasteiger partial charge in [0, 0.05) is 4.88 Å². The van der Waals surface area contributed by atoms with Gasteiger partial charge in [0.05, 0.1) is 18.6 Å². The molecule has 1 aromatic carbocycles. The maximum Gasteiger partial charge on any atom is 0.414 e. The van der Waals surface area contributed by atoms with Crippen molar-refractivity contribution in [3.8, 4) is 0 Å². The van der Waals surface area contributed by atoms with E-state index in [4.69, 9.17) is 4.74 Å². The van der Waals surface area contributed by atoms with E-state index in [1.54, 1.807) is 6.92 Å². The van der Waals surface area contributed by atoms with Gasteiger partial charge in [-0.3, -0.25) is 14.9 Å². The summed E-state index contributed by atoms with van der Waals surface area (Å²) in [5.41, 5.74) is 4.49. The Morgan fingerprint density at radius 2 is 1.90 bits per heavy atom. The van der Waals surface area contributed by atoms with Crippen molar-refractivity contribution in [3.63, 3.8) is 0 Å². The molecule has 3 amide bonds. The predicted molar refractivity (Wildman–Crippen MR) is 114 cm³/mol. The molecule has 1 heterocycles. The lowest BCUT2D eigenvalue weighted by molar-refractivity contribution is -0.115. The van der Waals surface area contributed by atoms with Crippen molar-refractivity contribution < 1.29 is 19.1 Å². The second-order valence-corrected chi connectivity index (χ2v) is 8.35. The van der Waals surface area contributed by atoms with Gasteiger partial charge in [0.25, 0.3) is 5.91 Å². The zero-order valence-electron chi connectivity index (χ0n) is 17.0. The van der Waals surface area contributed by atoms with Crippen molar-refractivity contribution in [2.45, 2.75) is 52.9 Å². The molecule has 1 aliphatic rings. The number of fused-ring (bicyclic) bond motifs is 1. The highest BCUT2D eigenvalue weighted by Crippen LogP contribution is 2.38. The highest BCUT2D eigenvalue weighted by atomic mass is 32.1. The first-order valence-electron chi connectivity index (χ1n) is 9.87. The van der Waals surface area contributed by atoms with Crippen molar-refractivity contribution in [3.05, 3.63) is 50.9 Å². The van der Waals surface area contributed by atoms with E-state index >= 15 is 0 Å². The number of carbonyl (C=O) groups is 3. The van der Waals surface area contributed by atoms with Gasteiger partial charge in [0.2, 0.25) is 5.91 Å². The summed E-state index contributed by atoms with van der Waals surface area (Å²) in [6.07, 6.45) is 3.15. The van der Waals surface area contributed by atoms with Gasteiger partial charge in [-0.2, -0.15) is 0 Å². The maximum atomic E-state index is 12.8. The third-order valence-electron chi connectivity index (χ3n) is 4.99. The van der Waals surface area contributed by atoms with Crippen LogP contribution in [0.15, 0.2) is 18.2 Å². The topological polar surface area (TPSA) is 84.5 Å². The van der Waals surface area contributed by atoms with E-state index in [0.717, 1.165) is 52.8 Å². The fourth-order valence-electron chi connectivity index (χ4n) is 3.60. The van der Waals surface area contributed by atoms with Crippen LogP contribution in [-0.4, -0.2) is 24.5 Å². The normalized spacial score (nSPS) is 12.8. The number of thiophene rings is 1. The first-order valence-corrected chi connectivity index (χ1v) is 10.7. The van der Waals surface area contributed by atoms with Crippen LogP contribution in [-0.2, 0) is 28.8 Å². The summed E-state index contributed by atoms with van der Waals surface area (Å²) in [5, 5.41) is 5.69. The first kappa shape index (κ1) is 21.0. The Hall–Kier alpha value is -2.67. The molecule has 0 spiro atoms. The molecule has 7 heteroatoms. The van der Waals surface area contributed by atoms with E-state index < -0.39 is 12.0 Å². The summed E-state index contributed by atoms with van der Waals surface area (Å²) in [6, 6.07) is 5.99. The molecule has 6 nitrogen and oxygen atoms in total. The van der Waals surface area contributed by atoms with E-state index in [-0.39, 0.29) is 18.9 Å². The Morgan fingerprint density at radius 3 is 2.62 bits per heavy atom. The monoisotopic (exact) mass is 414 g/mol. The smallest absolute Gasteiger partial charge is 0.414 e. The number of amides is 3. The van der Waals surface area contributed by atoms with E-state index in [1.165, 1.54) is 11.3 Å². The van der Waals surface area contributed by atoms with Gasteiger partial charge in [-0.05, 0) is 63.1 Å². The zero-order valence-corrected chi connectivity index (χ0v) is 17.8. The van der Waals surface area contributed by atoms with Gasteiger partial charge < -0.3 is 10.1 Å². The van der Waals surface area contributed by atoms with Gasteiger partial charge in [-0.15, -0.1) is 11.3 Å². The van der Waals surface area contributed by atoms with Crippen LogP contribution < -0.4 is 10.6 Å². The fourth-order valence-corrected chi connectivity index (χ4v) is 4.91. The standard InChI is InChI=1S/C22H26N2O4S/c1-4-28-22(27)24-20(26)19-16-7-5-6-8-17(16)29-21(19)23-18(25)12-15-10-9-13(2)11-14(15)3/h9-11H,4-8,12H2,1-3H3,(H,23,25)(H,24,26,27). The molecule has 0 fully saturated rings. The quantitative estimate of drug-likeness (QED) is 0.763. The van der Waals surface area contributed by atoms with Crippen molar-refractivity contribution in [2.75, 3.05) is 11.9 Å². The van der Waals surface area contributed by atoms with E-state index in [1.807, 2.05) is 32.0 Å². The summed E-state index contributed by atoms with van der Waals surface area (Å²) in [4.78, 5) is 38.3. The van der Waals surface area contributed by atoms with Crippen LogP contribution in [0.5, 0.6) is 0 Å². The van der Waals surface area contributed by atoms with Crippen LogP contribution in [0.4, 0.5) is 9.80 Å². The molecule has 1 aromatic heterocycles. The SMILES string of the molecule is CCOC(=O)NC(=O)c1c(NC(=O)Cc2ccc(C)cc2C)sc2c1CCCC2. The number of imide groups is 1. The van der Waals surface area contributed by atoms with E-state index in [2.05, 4.69) is 10.6 Å². The Kier molecular flexibility index (Phi) is 6.69. The number of rotatable bonds is 5. The van der Waals surface area contributed by atoms with Crippen molar-refractivity contribution in [1.29, 1.82) is 0 Å². The molecule has 29 heavy (non-hydrogen) atoms. The molecule has 1 aliphatic carbocycles. The summed E-state index contributed by atoms with van der Waals surface area (Å²) in [7, 11) is 0. The lowest BCUT2D eigenvalue weighted by Crippen LogP contribution is -2.32. The van der Waals surface area contributed by atoms with Crippen molar-refractivity contribution >= 4 is 34.2 Å². The highest BCUT2D eigenvalue weighted by Gasteiger charge is 2.27. The van der Waals surface area contributed by atoms with Crippen LogP contribution in [0.25, 0.3) is 0 Å². The molecule has 0 bridgehead atoms. The number of alkyl carbamates (subject to hydrolysis) is 1.